The number of nitrogens with zero attached hydrogens (tertiary/aromatic N) is 3. The average molecular weight is 368 g/mol. The van der Waals surface area contributed by atoms with Gasteiger partial charge >= 0.3 is 5.51 Å². The number of guanidine groups is 1. The molecular formula is C14H23F3N4O2S. The summed E-state index contributed by atoms with van der Waals surface area (Å²) in [6.07, 6.45) is 1.38. The van der Waals surface area contributed by atoms with Gasteiger partial charge in [0.05, 0.1) is 0 Å². The quantitative estimate of drug-likeness (QED) is 0.458. The molecule has 138 valence electrons. The van der Waals surface area contributed by atoms with Gasteiger partial charge in [-0.2, -0.15) is 13.2 Å². The lowest BCUT2D eigenvalue weighted by molar-refractivity contribution is -0.142. The Labute approximate surface area is 143 Å². The van der Waals surface area contributed by atoms with Gasteiger partial charge in [0, 0.05) is 52.1 Å². The summed E-state index contributed by atoms with van der Waals surface area (Å²) in [5.74, 6) is 0.540. The van der Waals surface area contributed by atoms with Crippen molar-refractivity contribution < 1.29 is 22.7 Å². The minimum Gasteiger partial charge on any atom is -0.368 e. The molecule has 6 nitrogen and oxygen atoms in total. The highest BCUT2D eigenvalue weighted by molar-refractivity contribution is 8.00. The summed E-state index contributed by atoms with van der Waals surface area (Å²) in [5, 5.41) is 2.94. The third-order valence-corrected chi connectivity index (χ3v) is 4.69. The van der Waals surface area contributed by atoms with Crippen LogP contribution in [0.2, 0.25) is 0 Å². The van der Waals surface area contributed by atoms with Gasteiger partial charge in [0.1, 0.15) is 6.10 Å². The fourth-order valence-corrected chi connectivity index (χ4v) is 3.21. The minimum atomic E-state index is -4.21. The van der Waals surface area contributed by atoms with Gasteiger partial charge in [0.15, 0.2) is 5.96 Å². The number of carbonyl (C=O) groups excluding carboxylic acids is 1. The molecule has 0 aromatic carbocycles. The molecule has 0 aromatic rings. The number of thioether (sulfide) groups is 1. The second-order valence-electron chi connectivity index (χ2n) is 5.58. The highest BCUT2D eigenvalue weighted by atomic mass is 32.2. The van der Waals surface area contributed by atoms with E-state index in [2.05, 4.69) is 10.3 Å². The number of hydrogen-bond donors (Lipinski definition) is 1. The first kappa shape index (κ1) is 19.2. The number of halogens is 3. The second kappa shape index (κ2) is 8.80. The highest BCUT2D eigenvalue weighted by Crippen LogP contribution is 2.29. The van der Waals surface area contributed by atoms with Gasteiger partial charge in [-0.05, 0) is 24.6 Å². The van der Waals surface area contributed by atoms with Crippen molar-refractivity contribution in [1.82, 2.24) is 15.1 Å². The Balaban J connectivity index is 1.72. The zero-order chi connectivity index (χ0) is 17.6. The molecule has 0 aromatic heterocycles. The summed E-state index contributed by atoms with van der Waals surface area (Å²) < 4.78 is 41.8. The molecule has 0 spiro atoms. The molecule has 1 N–H and O–H groups in total. The Bertz CT molecular complexity index is 448. The van der Waals surface area contributed by atoms with E-state index in [-0.39, 0.29) is 36.1 Å². The number of carbonyl (C=O) groups is 1. The maximum atomic E-state index is 12.3. The van der Waals surface area contributed by atoms with Crippen LogP contribution in [0.5, 0.6) is 0 Å². The van der Waals surface area contributed by atoms with Crippen molar-refractivity contribution in [1.29, 1.82) is 0 Å². The molecule has 1 unspecified atom stereocenters. The fraction of sp³-hybridized carbons (Fsp3) is 0.857. The van der Waals surface area contributed by atoms with Crippen LogP contribution < -0.4 is 5.32 Å². The van der Waals surface area contributed by atoms with E-state index in [1.807, 2.05) is 4.90 Å². The number of aliphatic imine (C=N–C) groups is 1. The summed E-state index contributed by atoms with van der Waals surface area (Å²) in [6.45, 7) is 3.16. The van der Waals surface area contributed by atoms with Crippen LogP contribution in [0, 0.1) is 0 Å². The molecule has 10 heteroatoms. The van der Waals surface area contributed by atoms with Gasteiger partial charge in [-0.25, -0.2) is 0 Å². The number of hydrogen-bond acceptors (Lipinski definition) is 4. The van der Waals surface area contributed by atoms with Gasteiger partial charge in [-0.3, -0.25) is 9.79 Å². The molecule has 0 saturated carbocycles. The molecule has 0 radical (unpaired) electrons. The Morgan fingerprint density at radius 3 is 2.50 bits per heavy atom. The molecule has 2 aliphatic heterocycles. The van der Waals surface area contributed by atoms with E-state index in [4.69, 9.17) is 4.74 Å². The van der Waals surface area contributed by atoms with E-state index in [1.54, 1.807) is 11.9 Å². The molecule has 2 heterocycles. The van der Waals surface area contributed by atoms with Crippen LogP contribution in [0.1, 0.15) is 12.8 Å². The van der Waals surface area contributed by atoms with Crippen LogP contribution in [0.4, 0.5) is 13.2 Å². The topological polar surface area (TPSA) is 57.2 Å². The molecule has 0 aliphatic carbocycles. The van der Waals surface area contributed by atoms with Gasteiger partial charge in [-0.15, -0.1) is 0 Å². The molecule has 2 aliphatic rings. The van der Waals surface area contributed by atoms with E-state index < -0.39 is 5.51 Å². The van der Waals surface area contributed by atoms with Crippen LogP contribution in [-0.2, 0) is 9.53 Å². The van der Waals surface area contributed by atoms with Crippen LogP contribution in [0.15, 0.2) is 4.99 Å². The van der Waals surface area contributed by atoms with Gasteiger partial charge < -0.3 is 19.9 Å². The van der Waals surface area contributed by atoms with E-state index in [9.17, 15) is 18.0 Å². The number of rotatable bonds is 4. The van der Waals surface area contributed by atoms with Crippen molar-refractivity contribution in [3.63, 3.8) is 0 Å². The number of ether oxygens (including phenoxy) is 1. The molecule has 0 bridgehead atoms. The number of alkyl halides is 3. The summed E-state index contributed by atoms with van der Waals surface area (Å²) in [6, 6.07) is 0. The molecule has 2 saturated heterocycles. The monoisotopic (exact) mass is 368 g/mol. The predicted octanol–water partition coefficient (Wildman–Crippen LogP) is 1.14. The van der Waals surface area contributed by atoms with Crippen molar-refractivity contribution >= 4 is 23.6 Å². The summed E-state index contributed by atoms with van der Waals surface area (Å²) >= 11 is -0.0517. The van der Waals surface area contributed by atoms with Crippen LogP contribution in [0.3, 0.4) is 0 Å². The van der Waals surface area contributed by atoms with Crippen molar-refractivity contribution in [3.8, 4) is 0 Å². The largest absolute Gasteiger partial charge is 0.441 e. The van der Waals surface area contributed by atoms with Crippen LogP contribution in [0.25, 0.3) is 0 Å². The van der Waals surface area contributed by atoms with Gasteiger partial charge in [0.25, 0.3) is 5.91 Å². The predicted molar refractivity (Wildman–Crippen MR) is 87.0 cm³/mol. The number of amides is 1. The van der Waals surface area contributed by atoms with E-state index in [1.165, 1.54) is 0 Å². The van der Waals surface area contributed by atoms with Crippen molar-refractivity contribution in [2.24, 2.45) is 4.99 Å². The summed E-state index contributed by atoms with van der Waals surface area (Å²) in [7, 11) is 1.60. The molecule has 2 rings (SSSR count). The second-order valence-corrected chi connectivity index (χ2v) is 6.74. The zero-order valence-electron chi connectivity index (χ0n) is 13.6. The van der Waals surface area contributed by atoms with Crippen molar-refractivity contribution in [2.75, 3.05) is 52.1 Å². The SMILES string of the molecule is CN=C(NCCSC(F)(F)F)N1CCN(C(=O)C2CCCO2)CC1. The Hall–Kier alpha value is -1.16. The number of piperazine rings is 1. The molecule has 1 atom stereocenters. The number of nitrogens with one attached hydrogen (secondary N) is 1. The molecular weight excluding hydrogens is 345 g/mol. The first-order valence-electron chi connectivity index (χ1n) is 7.97. The first-order chi connectivity index (χ1) is 11.4. The lowest BCUT2D eigenvalue weighted by atomic mass is 10.2. The molecule has 1 amide bonds. The van der Waals surface area contributed by atoms with E-state index in [0.29, 0.717) is 38.7 Å². The first-order valence-corrected chi connectivity index (χ1v) is 8.96. The average Bonchev–Trinajstić information content (AvgIpc) is 3.08. The summed E-state index contributed by atoms with van der Waals surface area (Å²) in [4.78, 5) is 20.1. The Morgan fingerprint density at radius 1 is 1.29 bits per heavy atom. The standard InChI is InChI=1S/C14H23F3N4O2S/c1-18-13(19-4-10-24-14(15,16)17)21-7-5-20(6-8-21)12(22)11-3-2-9-23-11/h11H,2-10H2,1H3,(H,18,19). The van der Waals surface area contributed by atoms with Crippen molar-refractivity contribution in [3.05, 3.63) is 0 Å². The Kier molecular flexibility index (Phi) is 7.02. The van der Waals surface area contributed by atoms with Crippen LogP contribution in [-0.4, -0.2) is 85.4 Å². The smallest absolute Gasteiger partial charge is 0.368 e. The van der Waals surface area contributed by atoms with Gasteiger partial charge in [0.2, 0.25) is 0 Å². The maximum absolute atomic E-state index is 12.3. The maximum Gasteiger partial charge on any atom is 0.441 e. The Morgan fingerprint density at radius 2 is 1.96 bits per heavy atom. The summed E-state index contributed by atoms with van der Waals surface area (Å²) in [5.41, 5.74) is -4.21. The van der Waals surface area contributed by atoms with E-state index in [0.717, 1.165) is 12.8 Å². The van der Waals surface area contributed by atoms with Crippen molar-refractivity contribution in [2.45, 2.75) is 24.5 Å². The lowest BCUT2D eigenvalue weighted by Crippen LogP contribution is -2.55. The lowest BCUT2D eigenvalue weighted by Gasteiger charge is -2.37. The normalized spacial score (nSPS) is 22.8. The third kappa shape index (κ3) is 5.73. The third-order valence-electron chi connectivity index (χ3n) is 3.96. The zero-order valence-corrected chi connectivity index (χ0v) is 14.5. The molecule has 24 heavy (non-hydrogen) atoms. The van der Waals surface area contributed by atoms with Gasteiger partial charge in [-0.1, -0.05) is 0 Å². The highest BCUT2D eigenvalue weighted by Gasteiger charge is 2.31. The minimum absolute atomic E-state index is 0.0386. The van der Waals surface area contributed by atoms with E-state index >= 15 is 0 Å². The van der Waals surface area contributed by atoms with Crippen LogP contribution >= 0.6 is 11.8 Å². The molecule has 2 fully saturated rings. The fourth-order valence-electron chi connectivity index (χ4n) is 2.78.